The Hall–Kier alpha value is -2.11. The molecule has 0 aromatic heterocycles. The molecule has 0 fully saturated rings. The van der Waals surface area contributed by atoms with Gasteiger partial charge in [-0.05, 0) is 58.0 Å². The molecule has 0 atom stereocenters. The lowest BCUT2D eigenvalue weighted by atomic mass is 9.81. The van der Waals surface area contributed by atoms with Crippen molar-refractivity contribution in [1.82, 2.24) is 4.90 Å². The highest BCUT2D eigenvalue weighted by Crippen LogP contribution is 2.48. The van der Waals surface area contributed by atoms with Crippen LogP contribution in [-0.2, 0) is 12.8 Å². The van der Waals surface area contributed by atoms with E-state index in [9.17, 15) is 0 Å². The van der Waals surface area contributed by atoms with Gasteiger partial charge in [-0.1, -0.05) is 30.3 Å². The Morgan fingerprint density at radius 2 is 1.77 bits per heavy atom. The van der Waals surface area contributed by atoms with E-state index < -0.39 is 0 Å². The van der Waals surface area contributed by atoms with Gasteiger partial charge in [0.1, 0.15) is 5.60 Å². The van der Waals surface area contributed by atoms with Crippen molar-refractivity contribution < 1.29 is 9.47 Å². The second-order valence-corrected chi connectivity index (χ2v) is 9.68. The van der Waals surface area contributed by atoms with Gasteiger partial charge in [-0.2, -0.15) is 0 Å². The van der Waals surface area contributed by atoms with Crippen LogP contribution in [0.1, 0.15) is 49.9 Å². The predicted octanol–water partition coefficient (Wildman–Crippen LogP) is 5.22. The van der Waals surface area contributed by atoms with E-state index in [4.69, 9.17) is 26.7 Å². The minimum atomic E-state index is -0.302. The highest BCUT2D eigenvalue weighted by Gasteiger charge is 2.40. The lowest BCUT2D eigenvalue weighted by Crippen LogP contribution is -2.31. The maximum absolute atomic E-state index is 6.35. The monoisotopic (exact) mass is 444 g/mol. The van der Waals surface area contributed by atoms with E-state index in [0.29, 0.717) is 10.9 Å². The lowest BCUT2D eigenvalue weighted by Gasteiger charge is -2.31. The standard InChI is InChI=1S/C24H28N2O2S.ClH/c1-23(2)13-16-12-18(27-22(29)26(5)6)21-17(14-24(3,4)28-21)19(16)20(25-23)15-10-8-7-9-11-15;/h7-12H,13-14H2,1-6H3;1H. The number of hydrogen-bond acceptors (Lipinski definition) is 4. The van der Waals surface area contributed by atoms with Gasteiger partial charge in [-0.3, -0.25) is 4.99 Å². The predicted molar refractivity (Wildman–Crippen MR) is 129 cm³/mol. The van der Waals surface area contributed by atoms with Crippen LogP contribution < -0.4 is 9.47 Å². The molecule has 6 heteroatoms. The van der Waals surface area contributed by atoms with Crippen LogP contribution in [0.2, 0.25) is 0 Å². The van der Waals surface area contributed by atoms with Crippen molar-refractivity contribution in [2.45, 2.75) is 51.7 Å². The molecule has 2 heterocycles. The third kappa shape index (κ3) is 4.19. The zero-order valence-corrected chi connectivity index (χ0v) is 20.0. The summed E-state index contributed by atoms with van der Waals surface area (Å²) in [6.45, 7) is 8.58. The number of nitrogens with zero attached hydrogens (tertiary/aromatic N) is 2. The molecule has 2 aromatic rings. The molecule has 0 aliphatic carbocycles. The average Bonchev–Trinajstić information content (AvgIpc) is 2.96. The van der Waals surface area contributed by atoms with E-state index in [0.717, 1.165) is 29.9 Å². The molecule has 2 aromatic carbocycles. The second kappa shape index (κ2) is 7.86. The minimum absolute atomic E-state index is 0. The first-order valence-corrected chi connectivity index (χ1v) is 10.4. The Morgan fingerprint density at radius 3 is 2.40 bits per heavy atom. The molecule has 0 radical (unpaired) electrons. The number of benzene rings is 2. The molecule has 4 nitrogen and oxygen atoms in total. The third-order valence-corrected chi connectivity index (χ3v) is 5.74. The lowest BCUT2D eigenvalue weighted by molar-refractivity contribution is 0.135. The number of halogens is 1. The van der Waals surface area contributed by atoms with Gasteiger partial charge in [0.25, 0.3) is 5.17 Å². The van der Waals surface area contributed by atoms with Crippen LogP contribution in [0.5, 0.6) is 11.5 Å². The van der Waals surface area contributed by atoms with Crippen molar-refractivity contribution in [3.05, 3.63) is 58.7 Å². The van der Waals surface area contributed by atoms with Gasteiger partial charge >= 0.3 is 0 Å². The van der Waals surface area contributed by atoms with Crippen LogP contribution in [0.3, 0.4) is 0 Å². The fourth-order valence-electron chi connectivity index (χ4n) is 4.14. The fraction of sp³-hybridized carbons (Fsp3) is 0.417. The molecule has 0 bridgehead atoms. The van der Waals surface area contributed by atoms with Crippen LogP contribution in [0.4, 0.5) is 0 Å². The minimum Gasteiger partial charge on any atom is -0.483 e. The molecule has 0 unspecified atom stereocenters. The molecule has 0 amide bonds. The summed E-state index contributed by atoms with van der Waals surface area (Å²) in [7, 11) is 3.77. The molecule has 0 N–H and O–H groups in total. The van der Waals surface area contributed by atoms with Crippen LogP contribution in [-0.4, -0.2) is 41.0 Å². The summed E-state index contributed by atoms with van der Waals surface area (Å²) in [6, 6.07) is 12.5. The Balaban J connectivity index is 0.00000256. The molecular weight excluding hydrogens is 416 g/mol. The van der Waals surface area contributed by atoms with Gasteiger partial charge in [-0.15, -0.1) is 12.4 Å². The molecule has 0 saturated heterocycles. The van der Waals surface area contributed by atoms with E-state index in [1.807, 2.05) is 20.2 Å². The molecule has 30 heavy (non-hydrogen) atoms. The summed E-state index contributed by atoms with van der Waals surface area (Å²) >= 11 is 5.41. The number of hydrogen-bond donors (Lipinski definition) is 0. The highest BCUT2D eigenvalue weighted by molar-refractivity contribution is 7.80. The summed E-state index contributed by atoms with van der Waals surface area (Å²) in [4.78, 5) is 6.95. The Kier molecular flexibility index (Phi) is 5.91. The largest absolute Gasteiger partial charge is 0.483 e. The first kappa shape index (κ1) is 22.6. The summed E-state index contributed by atoms with van der Waals surface area (Å²) in [5.41, 5.74) is 5.27. The zero-order valence-electron chi connectivity index (χ0n) is 18.4. The van der Waals surface area contributed by atoms with Crippen molar-refractivity contribution >= 4 is 35.5 Å². The second-order valence-electron chi connectivity index (χ2n) is 9.33. The van der Waals surface area contributed by atoms with Crippen LogP contribution >= 0.6 is 24.6 Å². The molecule has 160 valence electrons. The van der Waals surface area contributed by atoms with Gasteiger partial charge in [-0.25, -0.2) is 0 Å². The van der Waals surface area contributed by atoms with Gasteiger partial charge in [0.2, 0.25) is 0 Å². The van der Waals surface area contributed by atoms with Crippen LogP contribution in [0.25, 0.3) is 0 Å². The van der Waals surface area contributed by atoms with Gasteiger partial charge < -0.3 is 14.4 Å². The van der Waals surface area contributed by atoms with E-state index in [2.05, 4.69) is 58.0 Å². The first-order chi connectivity index (χ1) is 13.6. The van der Waals surface area contributed by atoms with Gasteiger partial charge in [0.15, 0.2) is 11.5 Å². The molecule has 4 rings (SSSR count). The topological polar surface area (TPSA) is 34.1 Å². The number of thiocarbonyl (C=S) groups is 1. The highest BCUT2D eigenvalue weighted by atomic mass is 35.5. The number of fused-ring (bicyclic) bond motifs is 3. The molecule has 0 spiro atoms. The zero-order chi connectivity index (χ0) is 21.0. The summed E-state index contributed by atoms with van der Waals surface area (Å²) in [6.07, 6.45) is 1.65. The Morgan fingerprint density at radius 1 is 1.10 bits per heavy atom. The van der Waals surface area contributed by atoms with Crippen molar-refractivity contribution in [1.29, 1.82) is 0 Å². The maximum atomic E-state index is 6.35. The molecule has 0 saturated carbocycles. The van der Waals surface area contributed by atoms with E-state index >= 15 is 0 Å². The van der Waals surface area contributed by atoms with Gasteiger partial charge in [0, 0.05) is 37.2 Å². The molecular formula is C24H29ClN2O2S. The van der Waals surface area contributed by atoms with E-state index in [1.165, 1.54) is 16.7 Å². The number of aliphatic imine (C=N–C) groups is 1. The third-order valence-electron chi connectivity index (χ3n) is 5.29. The quantitative estimate of drug-likeness (QED) is 0.595. The van der Waals surface area contributed by atoms with Crippen molar-refractivity contribution in [2.75, 3.05) is 14.1 Å². The smallest absolute Gasteiger partial charge is 0.264 e. The molecule has 2 aliphatic heterocycles. The van der Waals surface area contributed by atoms with Crippen LogP contribution in [0, 0.1) is 0 Å². The normalized spacial score (nSPS) is 17.6. The summed E-state index contributed by atoms with van der Waals surface area (Å²) in [5, 5.41) is 0.424. The average molecular weight is 445 g/mol. The number of ether oxygens (including phenoxy) is 2. The van der Waals surface area contributed by atoms with Crippen molar-refractivity contribution in [3.63, 3.8) is 0 Å². The first-order valence-electron chi connectivity index (χ1n) is 9.99. The Labute approximate surface area is 190 Å². The molecule has 2 aliphatic rings. The fourth-order valence-corrected chi connectivity index (χ4v) is 4.23. The van der Waals surface area contributed by atoms with Crippen molar-refractivity contribution in [2.24, 2.45) is 4.99 Å². The summed E-state index contributed by atoms with van der Waals surface area (Å²) < 4.78 is 12.4. The van der Waals surface area contributed by atoms with E-state index in [-0.39, 0.29) is 23.5 Å². The SMILES string of the molecule is CN(C)C(=S)Oc1cc2c(c3c1OC(C)(C)C3)C(c1ccccc1)=NC(C)(C)C2.Cl. The maximum Gasteiger partial charge on any atom is 0.264 e. The Bertz CT molecular complexity index is 1010. The van der Waals surface area contributed by atoms with Crippen LogP contribution in [0.15, 0.2) is 41.4 Å². The van der Waals surface area contributed by atoms with Crippen molar-refractivity contribution in [3.8, 4) is 11.5 Å². The van der Waals surface area contributed by atoms with E-state index in [1.54, 1.807) is 4.90 Å². The van der Waals surface area contributed by atoms with Gasteiger partial charge in [0.05, 0.1) is 11.3 Å². The number of rotatable bonds is 2. The summed E-state index contributed by atoms with van der Waals surface area (Å²) in [5.74, 6) is 1.49.